The Kier molecular flexibility index (Phi) is 8.53. The molecule has 2 saturated heterocycles. The van der Waals surface area contributed by atoms with E-state index in [0.717, 1.165) is 25.3 Å². The van der Waals surface area contributed by atoms with Crippen LogP contribution in [-0.2, 0) is 10.0 Å². The highest BCUT2D eigenvalue weighted by molar-refractivity contribution is 7.99. The zero-order valence-corrected chi connectivity index (χ0v) is 19.8. The van der Waals surface area contributed by atoms with Gasteiger partial charge in [-0.05, 0) is 32.6 Å². The molecule has 3 aliphatic rings. The maximum absolute atomic E-state index is 12.1. The Balaban J connectivity index is 1.53. The van der Waals surface area contributed by atoms with E-state index in [1.807, 2.05) is 7.05 Å². The maximum atomic E-state index is 12.1. The van der Waals surface area contributed by atoms with Crippen molar-refractivity contribution in [1.82, 2.24) is 19.8 Å². The lowest BCUT2D eigenvalue weighted by Gasteiger charge is -2.48. The fraction of sp³-hybridized carbons (Fsp3) is 0.950. The van der Waals surface area contributed by atoms with Gasteiger partial charge in [-0.3, -0.25) is 9.89 Å². The summed E-state index contributed by atoms with van der Waals surface area (Å²) in [6, 6.07) is 0.276. The van der Waals surface area contributed by atoms with Crippen LogP contribution < -0.4 is 10.6 Å². The standard InChI is InChI=1S/C20H39N5O2S2/c1-3-29(26,27)25-11-7-18(8-12-25)23-19(21-2)22-17-20(9-5-4-6-10-20)24-13-15-28-16-14-24/h18H,3-17H2,1-2H3,(H2,21,22,23). The van der Waals surface area contributed by atoms with Gasteiger partial charge in [-0.25, -0.2) is 12.7 Å². The summed E-state index contributed by atoms with van der Waals surface area (Å²) in [6.07, 6.45) is 8.20. The molecule has 0 aromatic rings. The molecule has 3 rings (SSSR count). The SMILES string of the molecule is CCS(=O)(=O)N1CCC(NC(=NC)NCC2(N3CCSCC3)CCCCC2)CC1. The minimum Gasteiger partial charge on any atom is -0.355 e. The lowest BCUT2D eigenvalue weighted by molar-refractivity contribution is 0.0625. The second-order valence-electron chi connectivity index (χ2n) is 8.53. The van der Waals surface area contributed by atoms with Crippen molar-refractivity contribution in [2.24, 2.45) is 4.99 Å². The number of thioether (sulfide) groups is 1. The van der Waals surface area contributed by atoms with Crippen LogP contribution in [0.3, 0.4) is 0 Å². The van der Waals surface area contributed by atoms with Crippen LogP contribution in [-0.4, -0.2) is 92.2 Å². The van der Waals surface area contributed by atoms with Gasteiger partial charge in [-0.2, -0.15) is 11.8 Å². The molecule has 0 radical (unpaired) electrons. The van der Waals surface area contributed by atoms with Crippen molar-refractivity contribution in [3.05, 3.63) is 0 Å². The van der Waals surface area contributed by atoms with Crippen LogP contribution in [0.15, 0.2) is 4.99 Å². The average molecular weight is 446 g/mol. The highest BCUT2D eigenvalue weighted by atomic mass is 32.2. The number of rotatable bonds is 6. The van der Waals surface area contributed by atoms with Crippen molar-refractivity contribution >= 4 is 27.7 Å². The molecule has 0 aromatic carbocycles. The first-order chi connectivity index (χ1) is 14.0. The molecule has 0 atom stereocenters. The van der Waals surface area contributed by atoms with Gasteiger partial charge in [0.1, 0.15) is 0 Å². The van der Waals surface area contributed by atoms with Gasteiger partial charge in [0.2, 0.25) is 10.0 Å². The van der Waals surface area contributed by atoms with Gasteiger partial charge in [0, 0.05) is 62.9 Å². The molecule has 168 valence electrons. The largest absolute Gasteiger partial charge is 0.355 e. The zero-order valence-electron chi connectivity index (χ0n) is 18.2. The summed E-state index contributed by atoms with van der Waals surface area (Å²) in [5.41, 5.74) is 0.259. The van der Waals surface area contributed by atoms with Crippen LogP contribution >= 0.6 is 11.8 Å². The Hall–Kier alpha value is -0.510. The highest BCUT2D eigenvalue weighted by Gasteiger charge is 2.38. The number of nitrogens with zero attached hydrogens (tertiary/aromatic N) is 3. The van der Waals surface area contributed by atoms with Crippen LogP contribution in [0.5, 0.6) is 0 Å². The van der Waals surface area contributed by atoms with Gasteiger partial charge in [-0.15, -0.1) is 0 Å². The molecule has 2 aliphatic heterocycles. The number of guanidine groups is 1. The van der Waals surface area contributed by atoms with E-state index < -0.39 is 10.0 Å². The maximum Gasteiger partial charge on any atom is 0.213 e. The Bertz CT molecular complexity index is 635. The molecule has 0 unspecified atom stereocenters. The average Bonchev–Trinajstić information content (AvgIpc) is 2.78. The molecule has 9 heteroatoms. The van der Waals surface area contributed by atoms with Gasteiger partial charge < -0.3 is 10.6 Å². The monoisotopic (exact) mass is 445 g/mol. The first-order valence-electron chi connectivity index (χ1n) is 11.3. The zero-order chi connectivity index (χ0) is 20.7. The van der Waals surface area contributed by atoms with Crippen LogP contribution in [0.1, 0.15) is 51.9 Å². The second kappa shape index (κ2) is 10.7. The third-order valence-corrected chi connectivity index (χ3v) is 9.65. The minimum absolute atomic E-state index is 0.186. The smallest absolute Gasteiger partial charge is 0.213 e. The molecule has 29 heavy (non-hydrogen) atoms. The summed E-state index contributed by atoms with van der Waals surface area (Å²) in [7, 11) is -1.24. The van der Waals surface area contributed by atoms with Crippen molar-refractivity contribution in [1.29, 1.82) is 0 Å². The number of aliphatic imine (C=N–C) groups is 1. The lowest BCUT2D eigenvalue weighted by Crippen LogP contribution is -2.60. The first kappa shape index (κ1) is 23.2. The molecule has 2 N–H and O–H groups in total. The quantitative estimate of drug-likeness (QED) is 0.479. The van der Waals surface area contributed by atoms with Gasteiger partial charge in [0.15, 0.2) is 5.96 Å². The Morgan fingerprint density at radius 2 is 1.76 bits per heavy atom. The van der Waals surface area contributed by atoms with E-state index in [4.69, 9.17) is 0 Å². The molecule has 0 amide bonds. The van der Waals surface area contributed by atoms with E-state index in [-0.39, 0.29) is 17.3 Å². The molecule has 0 aromatic heterocycles. The van der Waals surface area contributed by atoms with E-state index >= 15 is 0 Å². The Morgan fingerprint density at radius 1 is 1.10 bits per heavy atom. The second-order valence-corrected chi connectivity index (χ2v) is 12.0. The normalized spacial score (nSPS) is 25.7. The fourth-order valence-corrected chi connectivity index (χ4v) is 6.98. The van der Waals surface area contributed by atoms with Crippen LogP contribution in [0.4, 0.5) is 0 Å². The number of nitrogens with one attached hydrogen (secondary N) is 2. The molecule has 3 fully saturated rings. The molecule has 1 aliphatic carbocycles. The topological polar surface area (TPSA) is 77.0 Å². The summed E-state index contributed by atoms with van der Waals surface area (Å²) >= 11 is 2.07. The number of sulfonamides is 1. The summed E-state index contributed by atoms with van der Waals surface area (Å²) < 4.78 is 25.8. The first-order valence-corrected chi connectivity index (χ1v) is 14.0. The van der Waals surface area contributed by atoms with E-state index in [1.165, 1.54) is 56.7 Å². The Labute approximate surface area is 181 Å². The number of piperidine rings is 1. The van der Waals surface area contributed by atoms with Crippen LogP contribution in [0.2, 0.25) is 0 Å². The van der Waals surface area contributed by atoms with Crippen molar-refractivity contribution < 1.29 is 8.42 Å². The van der Waals surface area contributed by atoms with E-state index in [1.54, 1.807) is 11.2 Å². The van der Waals surface area contributed by atoms with E-state index in [9.17, 15) is 8.42 Å². The van der Waals surface area contributed by atoms with Crippen molar-refractivity contribution in [3.8, 4) is 0 Å². The van der Waals surface area contributed by atoms with Crippen LogP contribution in [0, 0.1) is 0 Å². The summed E-state index contributed by atoms with van der Waals surface area (Å²) in [5, 5.41) is 7.19. The molecule has 0 bridgehead atoms. The van der Waals surface area contributed by atoms with Gasteiger partial charge in [0.25, 0.3) is 0 Å². The van der Waals surface area contributed by atoms with Crippen molar-refractivity contribution in [3.63, 3.8) is 0 Å². The fourth-order valence-electron chi connectivity index (χ4n) is 4.95. The van der Waals surface area contributed by atoms with Gasteiger partial charge in [-0.1, -0.05) is 19.3 Å². The summed E-state index contributed by atoms with van der Waals surface area (Å²) in [4.78, 5) is 7.20. The predicted molar refractivity (Wildman–Crippen MR) is 123 cm³/mol. The van der Waals surface area contributed by atoms with Crippen molar-refractivity contribution in [2.75, 3.05) is 57.0 Å². The Morgan fingerprint density at radius 3 is 2.34 bits per heavy atom. The minimum atomic E-state index is -3.07. The number of hydrogen-bond acceptors (Lipinski definition) is 5. The predicted octanol–water partition coefficient (Wildman–Crippen LogP) is 1.72. The van der Waals surface area contributed by atoms with Gasteiger partial charge in [0.05, 0.1) is 5.75 Å². The molecular weight excluding hydrogens is 406 g/mol. The third kappa shape index (κ3) is 6.02. The highest BCUT2D eigenvalue weighted by Crippen LogP contribution is 2.34. The van der Waals surface area contributed by atoms with E-state index in [2.05, 4.69) is 32.3 Å². The molecule has 7 nitrogen and oxygen atoms in total. The van der Waals surface area contributed by atoms with Crippen LogP contribution in [0.25, 0.3) is 0 Å². The lowest BCUT2D eigenvalue weighted by atomic mass is 9.80. The number of hydrogen-bond donors (Lipinski definition) is 2. The van der Waals surface area contributed by atoms with Gasteiger partial charge >= 0.3 is 0 Å². The summed E-state index contributed by atoms with van der Waals surface area (Å²) in [6.45, 7) is 6.25. The van der Waals surface area contributed by atoms with Crippen molar-refractivity contribution in [2.45, 2.75) is 63.5 Å². The third-order valence-electron chi connectivity index (χ3n) is 6.83. The molecule has 2 heterocycles. The summed E-state index contributed by atoms with van der Waals surface area (Å²) in [5.74, 6) is 3.53. The molecule has 1 saturated carbocycles. The molecule has 0 spiro atoms. The van der Waals surface area contributed by atoms with E-state index in [0.29, 0.717) is 13.1 Å². The molecular formula is C20H39N5O2S2.